The number of thiophene rings is 1. The SMILES string of the molecule is Cc1cc2c(s1)NC(=O)CN=C2c1ccc(C(C)(C)C)cc1. The minimum absolute atomic E-state index is 0.0515. The fourth-order valence-electron chi connectivity index (χ4n) is 2.56. The molecule has 2 heterocycles. The molecule has 4 heteroatoms. The number of benzene rings is 1. The van der Waals surface area contributed by atoms with Gasteiger partial charge in [0.15, 0.2) is 0 Å². The summed E-state index contributed by atoms with van der Waals surface area (Å²) in [4.78, 5) is 17.5. The molecule has 1 aliphatic rings. The van der Waals surface area contributed by atoms with Crippen molar-refractivity contribution in [2.45, 2.75) is 33.1 Å². The molecule has 1 N–H and O–H groups in total. The summed E-state index contributed by atoms with van der Waals surface area (Å²) in [5, 5.41) is 3.85. The summed E-state index contributed by atoms with van der Waals surface area (Å²) in [6.07, 6.45) is 0. The number of hydrogen-bond acceptors (Lipinski definition) is 3. The van der Waals surface area contributed by atoms with Crippen LogP contribution in [-0.4, -0.2) is 18.2 Å². The van der Waals surface area contributed by atoms with Crippen molar-refractivity contribution in [2.75, 3.05) is 11.9 Å². The lowest BCUT2D eigenvalue weighted by Crippen LogP contribution is -2.12. The van der Waals surface area contributed by atoms with Crippen LogP contribution in [0.5, 0.6) is 0 Å². The quantitative estimate of drug-likeness (QED) is 0.844. The third-order valence-corrected chi connectivity index (χ3v) is 4.73. The first kappa shape index (κ1) is 15.0. The fourth-order valence-corrected chi connectivity index (χ4v) is 3.49. The molecule has 1 aromatic carbocycles. The van der Waals surface area contributed by atoms with Crippen molar-refractivity contribution in [3.8, 4) is 0 Å². The van der Waals surface area contributed by atoms with Gasteiger partial charge in [0.1, 0.15) is 11.5 Å². The molecule has 1 amide bonds. The molecule has 1 aliphatic heterocycles. The molecule has 114 valence electrons. The van der Waals surface area contributed by atoms with E-state index in [1.54, 1.807) is 11.3 Å². The first-order chi connectivity index (χ1) is 10.3. The van der Waals surface area contributed by atoms with Crippen molar-refractivity contribution in [1.82, 2.24) is 0 Å². The Labute approximate surface area is 135 Å². The van der Waals surface area contributed by atoms with Gasteiger partial charge in [-0.1, -0.05) is 45.0 Å². The van der Waals surface area contributed by atoms with Crippen LogP contribution in [0.4, 0.5) is 5.00 Å². The van der Waals surface area contributed by atoms with Crippen molar-refractivity contribution in [1.29, 1.82) is 0 Å². The van der Waals surface area contributed by atoms with E-state index in [9.17, 15) is 4.79 Å². The zero-order chi connectivity index (χ0) is 15.9. The molecule has 0 atom stereocenters. The number of nitrogens with one attached hydrogen (secondary N) is 1. The van der Waals surface area contributed by atoms with Gasteiger partial charge in [-0.25, -0.2) is 0 Å². The van der Waals surface area contributed by atoms with Crippen molar-refractivity contribution in [3.05, 3.63) is 51.9 Å². The summed E-state index contributed by atoms with van der Waals surface area (Å²) in [7, 11) is 0. The van der Waals surface area contributed by atoms with E-state index in [0.717, 1.165) is 21.8 Å². The first-order valence-electron chi connectivity index (χ1n) is 7.40. The largest absolute Gasteiger partial charge is 0.316 e. The van der Waals surface area contributed by atoms with Gasteiger partial charge in [-0.15, -0.1) is 11.3 Å². The molecule has 0 saturated carbocycles. The lowest BCUT2D eigenvalue weighted by molar-refractivity contribution is -0.114. The Bertz CT molecular complexity index is 748. The topological polar surface area (TPSA) is 41.5 Å². The number of carbonyl (C=O) groups excluding carboxylic acids is 1. The van der Waals surface area contributed by atoms with Gasteiger partial charge in [-0.3, -0.25) is 9.79 Å². The summed E-state index contributed by atoms with van der Waals surface area (Å²) in [5.74, 6) is -0.0515. The molecular formula is C18H20N2OS. The maximum absolute atomic E-state index is 11.8. The number of hydrogen-bond donors (Lipinski definition) is 1. The predicted octanol–water partition coefficient (Wildman–Crippen LogP) is 4.14. The number of anilines is 1. The van der Waals surface area contributed by atoms with Gasteiger partial charge in [-0.05, 0) is 24.0 Å². The summed E-state index contributed by atoms with van der Waals surface area (Å²) < 4.78 is 0. The lowest BCUT2D eigenvalue weighted by atomic mass is 9.86. The second kappa shape index (κ2) is 5.36. The molecule has 22 heavy (non-hydrogen) atoms. The average Bonchev–Trinajstić information content (AvgIpc) is 2.72. The van der Waals surface area contributed by atoms with Gasteiger partial charge in [0.2, 0.25) is 5.91 Å². The van der Waals surface area contributed by atoms with E-state index in [-0.39, 0.29) is 17.9 Å². The smallest absolute Gasteiger partial charge is 0.246 e. The number of aryl methyl sites for hydroxylation is 1. The molecule has 3 nitrogen and oxygen atoms in total. The first-order valence-corrected chi connectivity index (χ1v) is 8.22. The van der Waals surface area contributed by atoms with E-state index in [1.807, 2.05) is 6.92 Å². The highest BCUT2D eigenvalue weighted by molar-refractivity contribution is 7.16. The zero-order valence-corrected chi connectivity index (χ0v) is 14.2. The van der Waals surface area contributed by atoms with Crippen LogP contribution in [0, 0.1) is 6.92 Å². The van der Waals surface area contributed by atoms with Crippen LogP contribution in [0.3, 0.4) is 0 Å². The highest BCUT2D eigenvalue weighted by atomic mass is 32.1. The summed E-state index contributed by atoms with van der Waals surface area (Å²) in [5.41, 5.74) is 4.41. The minimum Gasteiger partial charge on any atom is -0.316 e. The van der Waals surface area contributed by atoms with Crippen LogP contribution in [0.2, 0.25) is 0 Å². The van der Waals surface area contributed by atoms with E-state index in [2.05, 4.69) is 61.4 Å². The van der Waals surface area contributed by atoms with Crippen LogP contribution < -0.4 is 5.32 Å². The normalized spacial score (nSPS) is 14.9. The van der Waals surface area contributed by atoms with Gasteiger partial charge in [0.05, 0.1) is 5.71 Å². The van der Waals surface area contributed by atoms with Crippen LogP contribution >= 0.6 is 11.3 Å². The minimum atomic E-state index is -0.0515. The molecule has 0 aliphatic carbocycles. The van der Waals surface area contributed by atoms with Crippen molar-refractivity contribution < 1.29 is 4.79 Å². The Hall–Kier alpha value is -1.94. The standard InChI is InChI=1S/C18H20N2OS/c1-11-9-14-16(19-10-15(21)20-17(14)22-11)12-5-7-13(8-6-12)18(2,3)4/h5-9H,10H2,1-4H3,(H,20,21). The van der Waals surface area contributed by atoms with Crippen molar-refractivity contribution in [2.24, 2.45) is 4.99 Å². The number of carbonyl (C=O) groups is 1. The van der Waals surface area contributed by atoms with E-state index in [0.29, 0.717) is 0 Å². The van der Waals surface area contributed by atoms with E-state index in [4.69, 9.17) is 0 Å². The Morgan fingerprint density at radius 1 is 1.18 bits per heavy atom. The average molecular weight is 312 g/mol. The summed E-state index contributed by atoms with van der Waals surface area (Å²) >= 11 is 1.60. The van der Waals surface area contributed by atoms with Gasteiger partial charge >= 0.3 is 0 Å². The number of amides is 1. The Kier molecular flexibility index (Phi) is 3.65. The molecule has 0 spiro atoms. The van der Waals surface area contributed by atoms with Crippen LogP contribution in [-0.2, 0) is 10.2 Å². The van der Waals surface area contributed by atoms with Gasteiger partial charge in [0.25, 0.3) is 0 Å². The second-order valence-electron chi connectivity index (χ2n) is 6.64. The third kappa shape index (κ3) is 2.83. The van der Waals surface area contributed by atoms with Crippen LogP contribution in [0.1, 0.15) is 42.3 Å². The molecule has 0 saturated heterocycles. The molecule has 3 rings (SSSR count). The maximum atomic E-state index is 11.8. The highest BCUT2D eigenvalue weighted by Crippen LogP contribution is 2.32. The van der Waals surface area contributed by atoms with E-state index < -0.39 is 0 Å². The molecular weight excluding hydrogens is 292 g/mol. The number of fused-ring (bicyclic) bond motifs is 1. The monoisotopic (exact) mass is 312 g/mol. The van der Waals surface area contributed by atoms with E-state index in [1.165, 1.54) is 10.4 Å². The zero-order valence-electron chi connectivity index (χ0n) is 13.4. The lowest BCUT2D eigenvalue weighted by Gasteiger charge is -2.19. The maximum Gasteiger partial charge on any atom is 0.246 e. The summed E-state index contributed by atoms with van der Waals surface area (Å²) in [6, 6.07) is 10.6. The van der Waals surface area contributed by atoms with Crippen LogP contribution in [0.25, 0.3) is 0 Å². The van der Waals surface area contributed by atoms with Crippen molar-refractivity contribution in [3.63, 3.8) is 0 Å². The van der Waals surface area contributed by atoms with Crippen molar-refractivity contribution >= 4 is 28.0 Å². The summed E-state index contributed by atoms with van der Waals surface area (Å²) in [6.45, 7) is 8.83. The molecule has 0 fully saturated rings. The number of nitrogens with zero attached hydrogens (tertiary/aromatic N) is 1. The van der Waals surface area contributed by atoms with Gasteiger partial charge in [-0.2, -0.15) is 0 Å². The Morgan fingerprint density at radius 3 is 2.50 bits per heavy atom. The molecule has 0 bridgehead atoms. The molecule has 0 radical (unpaired) electrons. The van der Waals surface area contributed by atoms with Crippen LogP contribution in [0.15, 0.2) is 35.3 Å². The predicted molar refractivity (Wildman–Crippen MR) is 93.3 cm³/mol. The van der Waals surface area contributed by atoms with E-state index >= 15 is 0 Å². The van der Waals surface area contributed by atoms with Gasteiger partial charge in [0, 0.05) is 16.0 Å². The highest BCUT2D eigenvalue weighted by Gasteiger charge is 2.21. The molecule has 0 unspecified atom stereocenters. The Balaban J connectivity index is 2.05. The molecule has 1 aromatic heterocycles. The fraction of sp³-hybridized carbons (Fsp3) is 0.333. The third-order valence-electron chi connectivity index (χ3n) is 3.77. The Morgan fingerprint density at radius 2 is 1.86 bits per heavy atom. The molecule has 2 aromatic rings. The number of aliphatic imine (C=N–C) groups is 1. The second-order valence-corrected chi connectivity index (χ2v) is 7.90. The van der Waals surface area contributed by atoms with Gasteiger partial charge < -0.3 is 5.32 Å². The number of rotatable bonds is 1.